The van der Waals surface area contributed by atoms with Gasteiger partial charge in [0.2, 0.25) is 0 Å². The van der Waals surface area contributed by atoms with Crippen molar-refractivity contribution >= 4 is 28.5 Å². The minimum absolute atomic E-state index is 0. The van der Waals surface area contributed by atoms with Crippen molar-refractivity contribution in [1.82, 2.24) is 4.98 Å². The van der Waals surface area contributed by atoms with Crippen LogP contribution in [-0.4, -0.2) is 52.6 Å². The number of carbonyl (C=O) groups excluding carboxylic acids is 1. The average molecular weight is 1540 g/mol. The number of fused-ring (bicyclic) bond motifs is 10. The van der Waals surface area contributed by atoms with E-state index in [-0.39, 0.29) is 76.8 Å². The molecule has 2 atom stereocenters. The number of aromatic nitrogens is 1. The number of aliphatic hydroxyl groups excluding tert-OH is 1. The molecule has 0 spiro atoms. The number of allylic oxidation sites excluding steroid dienone is 1. The maximum Gasteiger partial charge on any atom is 3.00 e. The Balaban J connectivity index is 0.000000159. The van der Waals surface area contributed by atoms with Gasteiger partial charge in [-0.15, -0.1) is 59.2 Å². The first-order valence-electron chi connectivity index (χ1n) is 33.1. The molecule has 3 aliphatic rings. The molecule has 3 aliphatic carbocycles. The molecule has 0 saturated heterocycles. The zero-order chi connectivity index (χ0) is 70.3. The molecule has 102 heavy (non-hydrogen) atoms. The maximum atomic E-state index is 14.2. The van der Waals surface area contributed by atoms with Crippen LogP contribution >= 0.6 is 0 Å². The zero-order valence-electron chi connectivity index (χ0n) is 56.7. The number of carbonyl (C=O) groups is 1. The van der Waals surface area contributed by atoms with E-state index in [1.54, 1.807) is 72.8 Å². The molecule has 1 heterocycles. The fourth-order valence-electron chi connectivity index (χ4n) is 14.1. The van der Waals surface area contributed by atoms with Crippen molar-refractivity contribution in [2.45, 2.75) is 76.1 Å². The van der Waals surface area contributed by atoms with Gasteiger partial charge in [0.15, 0.2) is 5.78 Å². The van der Waals surface area contributed by atoms with Crippen molar-refractivity contribution in [1.29, 1.82) is 0 Å². The third-order valence-corrected chi connectivity index (χ3v) is 19.8. The standard InChI is InChI=1S/C41H36O3.C24H15F3N.C24H18F3N.Ir.H2O/c1-40(2)36-10-6-5-9-32(36)33-19-14-28(23-37(33)40)29-15-20-35-34-18-13-27(22-38(34)41(3,4)39(35)24-29)26-11-16-31(17-12-26)44-21-7-8-30(43)25-42;1-23(24(25,26)27)19-8-4-3-7-17(19)18-12-10-16(14-20(18)23)22-13-11-15-6-2-5-9-21(15)28-22;1-17(24(25,26)27)22-16-20(13-14-21(22)19-10-6-3-7-11-19)23(28)15-12-18-8-4-2-5-9-18;;/h5-20,22-24,42H,21,25H2,1-4H3;2-9,11-14H,1H3;2-12,14-17H,1H3;;1H2/q;-1;-2;+3;/b8-7+;;15-12-;;. The van der Waals surface area contributed by atoms with Gasteiger partial charge in [-0.3, -0.25) is 9.78 Å². The minimum Gasteiger partial charge on any atom is -0.855 e. The van der Waals surface area contributed by atoms with Crippen LogP contribution < -0.4 is 4.74 Å². The van der Waals surface area contributed by atoms with Gasteiger partial charge in [-0.25, -0.2) is 5.71 Å². The van der Waals surface area contributed by atoms with Crippen molar-refractivity contribution in [3.05, 3.63) is 335 Å². The van der Waals surface area contributed by atoms with Crippen molar-refractivity contribution < 1.29 is 66.6 Å². The first-order chi connectivity index (χ1) is 47.9. The van der Waals surface area contributed by atoms with Gasteiger partial charge in [0.25, 0.3) is 0 Å². The van der Waals surface area contributed by atoms with Gasteiger partial charge in [0.1, 0.15) is 19.0 Å². The number of halogens is 6. The van der Waals surface area contributed by atoms with Crippen LogP contribution in [0.1, 0.15) is 97.5 Å². The number of ether oxygens (including phenoxy) is 1. The molecule has 0 amide bonds. The third kappa shape index (κ3) is 14.1. The quantitative estimate of drug-likeness (QED) is 0.0536. The van der Waals surface area contributed by atoms with Crippen molar-refractivity contribution in [3.8, 4) is 83.8 Å². The largest absolute Gasteiger partial charge is 3.00 e. The van der Waals surface area contributed by atoms with E-state index in [1.165, 1.54) is 92.4 Å². The molecule has 12 aromatic rings. The van der Waals surface area contributed by atoms with E-state index in [9.17, 15) is 36.5 Å². The predicted molar refractivity (Wildman–Crippen MR) is 395 cm³/mol. The number of hydrogen-bond donors (Lipinski definition) is 1. The summed E-state index contributed by atoms with van der Waals surface area (Å²) in [5, 5.41) is 20.2. The smallest absolute Gasteiger partial charge is 0.855 e. The Morgan fingerprint density at radius 1 is 0.529 bits per heavy atom. The number of aliphatic hydroxyl groups is 1. The monoisotopic (exact) mass is 1540 g/mol. The number of nitrogens with zero attached hydrogens (tertiary/aromatic N) is 2. The average Bonchev–Trinajstić information content (AvgIpc) is 1.56. The topological polar surface area (TPSA) is 113 Å². The fourth-order valence-corrected chi connectivity index (χ4v) is 14.1. The summed E-state index contributed by atoms with van der Waals surface area (Å²) in [6.07, 6.45) is -2.69. The van der Waals surface area contributed by atoms with Crippen LogP contribution in [-0.2, 0) is 41.1 Å². The normalized spacial score (nSPS) is 15.0. The van der Waals surface area contributed by atoms with Gasteiger partial charge in [0.05, 0.1) is 16.8 Å². The Morgan fingerprint density at radius 3 is 1.64 bits per heavy atom. The molecule has 0 aliphatic heterocycles. The first kappa shape index (κ1) is 72.8. The summed E-state index contributed by atoms with van der Waals surface area (Å²) in [5.74, 6) is -1.28. The van der Waals surface area contributed by atoms with E-state index >= 15 is 0 Å². The Bertz CT molecular complexity index is 5180. The van der Waals surface area contributed by atoms with Crippen LogP contribution in [0.3, 0.4) is 0 Å². The second kappa shape index (κ2) is 29.3. The molecular weight excluding hydrogens is 1470 g/mol. The summed E-state index contributed by atoms with van der Waals surface area (Å²) >= 11 is 0. The summed E-state index contributed by atoms with van der Waals surface area (Å²) < 4.78 is 88.7. The van der Waals surface area contributed by atoms with Crippen LogP contribution in [0, 0.1) is 12.1 Å². The van der Waals surface area contributed by atoms with Gasteiger partial charge in [-0.2, -0.15) is 31.9 Å². The number of ketones is 1. The molecule has 512 valence electrons. The molecule has 0 fully saturated rings. The van der Waals surface area contributed by atoms with E-state index in [1.807, 2.05) is 84.9 Å². The Kier molecular flexibility index (Phi) is 20.9. The van der Waals surface area contributed by atoms with Gasteiger partial charge >= 0.3 is 32.5 Å². The zero-order valence-corrected chi connectivity index (χ0v) is 59.1. The Morgan fingerprint density at radius 2 is 1.04 bits per heavy atom. The Labute approximate surface area is 604 Å². The van der Waals surface area contributed by atoms with Crippen LogP contribution in [0.25, 0.3) is 100 Å². The van der Waals surface area contributed by atoms with E-state index in [0.29, 0.717) is 33.5 Å². The molecule has 13 heteroatoms. The summed E-state index contributed by atoms with van der Waals surface area (Å²) in [4.78, 5) is 15.8. The molecule has 0 radical (unpaired) electrons. The summed E-state index contributed by atoms with van der Waals surface area (Å²) in [6.45, 7) is 11.5. The summed E-state index contributed by atoms with van der Waals surface area (Å²) in [5.41, 5.74) is 19.3. The molecule has 6 nitrogen and oxygen atoms in total. The number of pyridine rings is 1. The summed E-state index contributed by atoms with van der Waals surface area (Å²) in [6, 6.07) is 86.2. The van der Waals surface area contributed by atoms with Gasteiger partial charge < -0.3 is 20.7 Å². The van der Waals surface area contributed by atoms with E-state index in [2.05, 4.69) is 136 Å². The second-order valence-corrected chi connectivity index (χ2v) is 26.6. The number of benzene rings is 11. The molecule has 15 rings (SSSR count). The van der Waals surface area contributed by atoms with Crippen LogP contribution in [0.4, 0.5) is 26.3 Å². The number of rotatable bonds is 13. The number of alkyl halides is 6. The van der Waals surface area contributed by atoms with Crippen molar-refractivity contribution in [2.24, 2.45) is 0 Å². The van der Waals surface area contributed by atoms with E-state index in [0.717, 1.165) is 34.7 Å². The predicted octanol–water partition coefficient (Wildman–Crippen LogP) is 21.7. The Hall–Kier alpha value is -10.4. The molecule has 0 saturated carbocycles. The van der Waals surface area contributed by atoms with Gasteiger partial charge in [-0.05, 0) is 144 Å². The van der Waals surface area contributed by atoms with Gasteiger partial charge in [0, 0.05) is 10.8 Å². The van der Waals surface area contributed by atoms with Crippen LogP contribution in [0.5, 0.6) is 5.75 Å². The third-order valence-electron chi connectivity index (χ3n) is 19.8. The fraction of sp³-hybridized carbons (Fsp3) is 0.157. The van der Waals surface area contributed by atoms with Crippen molar-refractivity contribution in [3.63, 3.8) is 0 Å². The maximum absolute atomic E-state index is 14.2. The molecule has 3 N–H and O–H groups in total. The number of hydrogen-bond acceptors (Lipinski definition) is 4. The summed E-state index contributed by atoms with van der Waals surface area (Å²) in [7, 11) is 0. The molecular formula is C89H71F6IrN2O4. The van der Waals surface area contributed by atoms with Crippen LogP contribution in [0.2, 0.25) is 0 Å². The SMILES string of the molecule is CC(c1cc(C(=[N-])/C=C\c2ccccc2)[c-]cc1-c1ccccc1)C(F)(F)F.CC1(C(F)(F)F)c2ccccc2-c2c[c-]c(-c3ccc4ccccc4n3)cc21.CC1(C)c2ccccc2-c2ccc(-c3ccc4c(c3)C(C)(C)c3cc(-c5ccc(OC/C=C/C(=O)CO)cc5)ccc3-4)cc21.O.[Ir+3]. The minimum atomic E-state index is -4.41. The molecule has 11 aromatic carbocycles. The first-order valence-corrected chi connectivity index (χ1v) is 33.1. The van der Waals surface area contributed by atoms with Crippen molar-refractivity contribution in [2.75, 3.05) is 13.2 Å². The van der Waals surface area contributed by atoms with E-state index < -0.39 is 30.3 Å². The molecule has 0 bridgehead atoms. The van der Waals surface area contributed by atoms with Crippen LogP contribution in [0.15, 0.2) is 267 Å². The van der Waals surface area contributed by atoms with Gasteiger partial charge in [-0.1, -0.05) is 251 Å². The molecule has 2 unspecified atom stereocenters. The second-order valence-electron chi connectivity index (χ2n) is 26.6. The molecule has 1 aromatic heterocycles. The number of para-hydroxylation sites is 1. The van der Waals surface area contributed by atoms with E-state index in [4.69, 9.17) is 9.84 Å².